The molecule has 0 saturated carbocycles. The molecule has 9 heteroatoms. The Labute approximate surface area is 176 Å². The van der Waals surface area contributed by atoms with Crippen molar-refractivity contribution in [3.63, 3.8) is 0 Å². The first-order valence-electron chi connectivity index (χ1n) is 9.37. The molecule has 1 heterocycles. The van der Waals surface area contributed by atoms with Crippen molar-refractivity contribution in [2.24, 2.45) is 0 Å². The molecular weight excluding hydrogens is 412 g/mol. The fraction of sp³-hybridized carbons (Fsp3) is 0.500. The lowest BCUT2D eigenvalue weighted by molar-refractivity contribution is 0.0524. The van der Waals surface area contributed by atoms with Gasteiger partial charge in [-0.25, -0.2) is 9.78 Å². The molecule has 7 nitrogen and oxygen atoms in total. The number of ether oxygens (including phenoxy) is 1. The fourth-order valence-electron chi connectivity index (χ4n) is 2.45. The molecule has 0 bridgehead atoms. The molecule has 1 amide bonds. The molecule has 0 saturated heterocycles. The second kappa shape index (κ2) is 10.2. The highest BCUT2D eigenvalue weighted by Gasteiger charge is 2.16. The average Bonchev–Trinajstić information content (AvgIpc) is 3.07. The number of carbonyl (C=O) groups excluding carboxylic acids is 1. The number of aromatic nitrogens is 1. The van der Waals surface area contributed by atoms with Gasteiger partial charge >= 0.3 is 6.09 Å². The molecule has 29 heavy (non-hydrogen) atoms. The number of alkyl carbamates (subject to hydrolysis) is 1. The lowest BCUT2D eigenvalue weighted by Gasteiger charge is -2.19. The highest BCUT2D eigenvalue weighted by molar-refractivity contribution is 7.85. The van der Waals surface area contributed by atoms with Gasteiger partial charge in [0.05, 0.1) is 19.4 Å². The van der Waals surface area contributed by atoms with Crippen LogP contribution in [0.25, 0.3) is 10.6 Å². The number of aryl methyl sites for hydroxylation is 1. The summed E-state index contributed by atoms with van der Waals surface area (Å²) >= 11 is 1.52. The lowest BCUT2D eigenvalue weighted by Crippen LogP contribution is -2.31. The summed E-state index contributed by atoms with van der Waals surface area (Å²) < 4.78 is 31.8. The molecule has 2 aromatic rings. The summed E-state index contributed by atoms with van der Waals surface area (Å²) in [5.41, 5.74) is 1.67. The van der Waals surface area contributed by atoms with Crippen molar-refractivity contribution in [2.45, 2.75) is 52.2 Å². The second-order valence-corrected chi connectivity index (χ2v) is 10.4. The Kier molecular flexibility index (Phi) is 8.18. The van der Waals surface area contributed by atoms with Crippen molar-refractivity contribution in [2.75, 3.05) is 12.9 Å². The Balaban J connectivity index is 1.80. The molecule has 160 valence electrons. The van der Waals surface area contributed by atoms with E-state index in [1.54, 1.807) is 6.20 Å². The zero-order valence-corrected chi connectivity index (χ0v) is 18.9. The van der Waals surface area contributed by atoms with E-state index in [0.717, 1.165) is 34.5 Å². The van der Waals surface area contributed by atoms with Gasteiger partial charge in [-0.15, -0.1) is 11.3 Å². The SMILES string of the molecule is CC(C)(C)OC(=O)NCc1cnc(-c2ccc(CCCCOS(C)(=O)=O)cc2)s1. The third kappa shape index (κ3) is 9.38. The minimum Gasteiger partial charge on any atom is -0.444 e. The second-order valence-electron chi connectivity index (χ2n) is 7.67. The topological polar surface area (TPSA) is 94.6 Å². The van der Waals surface area contributed by atoms with Gasteiger partial charge in [0.1, 0.15) is 10.6 Å². The number of amides is 1. The van der Waals surface area contributed by atoms with Crippen molar-refractivity contribution in [1.29, 1.82) is 0 Å². The highest BCUT2D eigenvalue weighted by atomic mass is 32.2. The molecule has 2 rings (SSSR count). The monoisotopic (exact) mass is 440 g/mol. The number of rotatable bonds is 9. The predicted octanol–water partition coefficient (Wildman–Crippen LogP) is 4.13. The molecular formula is C20H28N2O5S2. The molecule has 0 unspecified atom stereocenters. The molecule has 0 fully saturated rings. The minimum atomic E-state index is -3.36. The molecule has 0 atom stereocenters. The van der Waals surface area contributed by atoms with Crippen LogP contribution in [0.2, 0.25) is 0 Å². The maximum absolute atomic E-state index is 11.7. The summed E-state index contributed by atoms with van der Waals surface area (Å²) in [4.78, 5) is 17.1. The van der Waals surface area contributed by atoms with Crippen molar-refractivity contribution in [3.8, 4) is 10.6 Å². The summed E-state index contributed by atoms with van der Waals surface area (Å²) in [6.45, 7) is 6.07. The number of unbranched alkanes of at least 4 members (excludes halogenated alkanes) is 1. The van der Waals surface area contributed by atoms with Gasteiger partial charge in [-0.1, -0.05) is 24.3 Å². The number of benzene rings is 1. The van der Waals surface area contributed by atoms with Crippen LogP contribution in [-0.2, 0) is 32.0 Å². The van der Waals surface area contributed by atoms with Crippen LogP contribution in [0.5, 0.6) is 0 Å². The zero-order valence-electron chi connectivity index (χ0n) is 17.2. The summed E-state index contributed by atoms with van der Waals surface area (Å²) in [7, 11) is -3.36. The van der Waals surface area contributed by atoms with E-state index in [1.807, 2.05) is 45.0 Å². The smallest absolute Gasteiger partial charge is 0.407 e. The van der Waals surface area contributed by atoms with Gasteiger partial charge in [-0.05, 0) is 45.6 Å². The predicted molar refractivity (Wildman–Crippen MR) is 114 cm³/mol. The Morgan fingerprint density at radius 1 is 1.17 bits per heavy atom. The normalized spacial score (nSPS) is 12.0. The largest absolute Gasteiger partial charge is 0.444 e. The van der Waals surface area contributed by atoms with Gasteiger partial charge in [0, 0.05) is 16.6 Å². The first-order chi connectivity index (χ1) is 13.5. The van der Waals surface area contributed by atoms with Crippen molar-refractivity contribution < 1.29 is 22.1 Å². The number of carbonyl (C=O) groups is 1. The Morgan fingerprint density at radius 2 is 1.86 bits per heavy atom. The first kappa shape index (κ1) is 23.3. The van der Waals surface area contributed by atoms with Crippen LogP contribution >= 0.6 is 11.3 Å². The van der Waals surface area contributed by atoms with Crippen LogP contribution in [0.15, 0.2) is 30.5 Å². The quantitative estimate of drug-likeness (QED) is 0.465. The van der Waals surface area contributed by atoms with Crippen LogP contribution in [0.1, 0.15) is 44.1 Å². The van der Waals surface area contributed by atoms with Crippen LogP contribution in [0.3, 0.4) is 0 Å². The van der Waals surface area contributed by atoms with Gasteiger partial charge in [0.25, 0.3) is 10.1 Å². The zero-order chi connectivity index (χ0) is 21.5. The van der Waals surface area contributed by atoms with E-state index in [4.69, 9.17) is 8.92 Å². The third-order valence-corrected chi connectivity index (χ3v) is 5.36. The number of nitrogens with zero attached hydrogens (tertiary/aromatic N) is 1. The lowest BCUT2D eigenvalue weighted by atomic mass is 10.1. The Hall–Kier alpha value is -1.97. The summed E-state index contributed by atoms with van der Waals surface area (Å²) in [5.74, 6) is 0. The Morgan fingerprint density at radius 3 is 2.48 bits per heavy atom. The summed E-state index contributed by atoms with van der Waals surface area (Å²) in [5, 5.41) is 3.62. The molecule has 0 aliphatic heterocycles. The van der Waals surface area contributed by atoms with E-state index in [-0.39, 0.29) is 6.61 Å². The van der Waals surface area contributed by atoms with Crippen molar-refractivity contribution in [1.82, 2.24) is 10.3 Å². The standard InChI is InChI=1S/C20H28N2O5S2/c1-20(2,3)27-19(23)22-14-17-13-21-18(28-17)16-10-8-15(9-11-16)7-5-6-12-26-29(4,24)25/h8-11,13H,5-7,12,14H2,1-4H3,(H,22,23). The van der Waals surface area contributed by atoms with Gasteiger partial charge < -0.3 is 10.1 Å². The molecule has 0 radical (unpaired) electrons. The van der Waals surface area contributed by atoms with Gasteiger partial charge in [-0.2, -0.15) is 8.42 Å². The molecule has 1 N–H and O–H groups in total. The first-order valence-corrected chi connectivity index (χ1v) is 12.0. The third-order valence-electron chi connectivity index (χ3n) is 3.72. The molecule has 0 spiro atoms. The number of hydrogen-bond acceptors (Lipinski definition) is 7. The van der Waals surface area contributed by atoms with E-state index >= 15 is 0 Å². The number of nitrogens with one attached hydrogen (secondary N) is 1. The van der Waals surface area contributed by atoms with Gasteiger partial charge in [0.2, 0.25) is 0 Å². The molecule has 0 aliphatic rings. The van der Waals surface area contributed by atoms with E-state index in [9.17, 15) is 13.2 Å². The fourth-order valence-corrected chi connectivity index (χ4v) is 3.73. The van der Waals surface area contributed by atoms with Crippen molar-refractivity contribution in [3.05, 3.63) is 40.9 Å². The minimum absolute atomic E-state index is 0.218. The maximum Gasteiger partial charge on any atom is 0.407 e. The van der Waals surface area contributed by atoms with E-state index < -0.39 is 21.8 Å². The maximum atomic E-state index is 11.7. The van der Waals surface area contributed by atoms with Crippen LogP contribution in [0, 0.1) is 0 Å². The van der Waals surface area contributed by atoms with Crippen LogP contribution < -0.4 is 5.32 Å². The van der Waals surface area contributed by atoms with E-state index in [1.165, 1.54) is 16.9 Å². The number of hydrogen-bond donors (Lipinski definition) is 1. The average molecular weight is 441 g/mol. The molecule has 1 aromatic carbocycles. The van der Waals surface area contributed by atoms with Gasteiger partial charge in [-0.3, -0.25) is 4.18 Å². The highest BCUT2D eigenvalue weighted by Crippen LogP contribution is 2.25. The molecule has 0 aliphatic carbocycles. The Bertz CT molecular complexity index is 900. The van der Waals surface area contributed by atoms with Crippen LogP contribution in [0.4, 0.5) is 4.79 Å². The van der Waals surface area contributed by atoms with Gasteiger partial charge in [0.15, 0.2) is 0 Å². The van der Waals surface area contributed by atoms with E-state index in [0.29, 0.717) is 13.0 Å². The summed E-state index contributed by atoms with van der Waals surface area (Å²) in [6, 6.07) is 8.14. The van der Waals surface area contributed by atoms with E-state index in [2.05, 4.69) is 10.3 Å². The van der Waals surface area contributed by atoms with Crippen LogP contribution in [-0.4, -0.2) is 38.0 Å². The number of thiazole rings is 1. The van der Waals surface area contributed by atoms with Crippen molar-refractivity contribution >= 4 is 27.5 Å². The molecule has 1 aromatic heterocycles. The summed E-state index contributed by atoms with van der Waals surface area (Å²) in [6.07, 6.45) is 4.77.